The Morgan fingerprint density at radius 2 is 2.27 bits per heavy atom. The summed E-state index contributed by atoms with van der Waals surface area (Å²) in [5, 5.41) is 12.3. The second-order valence-electron chi connectivity index (χ2n) is 6.12. The predicted molar refractivity (Wildman–Crippen MR) is 94.7 cm³/mol. The summed E-state index contributed by atoms with van der Waals surface area (Å²) in [6.07, 6.45) is 3.61. The second kappa shape index (κ2) is 6.61. The number of rotatable bonds is 6. The molecular formula is C16H17N5O4S. The highest BCUT2D eigenvalue weighted by atomic mass is 32.1. The van der Waals surface area contributed by atoms with Crippen LogP contribution in [0.25, 0.3) is 11.1 Å². The summed E-state index contributed by atoms with van der Waals surface area (Å²) < 4.78 is 11.9. The number of carbonyl (C=O) groups is 1. The van der Waals surface area contributed by atoms with Crippen molar-refractivity contribution < 1.29 is 13.9 Å². The standard InChI is InChI=1S/C16H17N5O4S/c1-8-10(12(22)18-16-20-19-14(26-16)9-3-4-9)11-13(25-8)17-7-21(15(11)23)5-6-24-2/h7,9H,3-6H2,1-2H3,(H,18,20,22). The molecule has 0 aromatic carbocycles. The van der Waals surface area contributed by atoms with E-state index in [9.17, 15) is 9.59 Å². The largest absolute Gasteiger partial charge is 0.442 e. The highest BCUT2D eigenvalue weighted by Gasteiger charge is 2.28. The molecule has 3 aromatic heterocycles. The molecule has 0 unspecified atom stereocenters. The molecule has 0 saturated heterocycles. The number of nitrogens with one attached hydrogen (secondary N) is 1. The van der Waals surface area contributed by atoms with Gasteiger partial charge in [-0.2, -0.15) is 0 Å². The van der Waals surface area contributed by atoms with E-state index in [-0.39, 0.29) is 22.2 Å². The Bertz CT molecular complexity index is 1030. The smallest absolute Gasteiger partial charge is 0.265 e. The third kappa shape index (κ3) is 3.01. The summed E-state index contributed by atoms with van der Waals surface area (Å²) in [4.78, 5) is 29.6. The van der Waals surface area contributed by atoms with Crippen molar-refractivity contribution in [1.29, 1.82) is 0 Å². The van der Waals surface area contributed by atoms with Gasteiger partial charge in [0.15, 0.2) is 0 Å². The lowest BCUT2D eigenvalue weighted by molar-refractivity contribution is 0.102. The summed E-state index contributed by atoms with van der Waals surface area (Å²) in [6, 6.07) is 0. The summed E-state index contributed by atoms with van der Waals surface area (Å²) in [7, 11) is 1.55. The van der Waals surface area contributed by atoms with E-state index < -0.39 is 5.91 Å². The van der Waals surface area contributed by atoms with E-state index in [1.54, 1.807) is 14.0 Å². The lowest BCUT2D eigenvalue weighted by atomic mass is 10.2. The molecule has 4 rings (SSSR count). The van der Waals surface area contributed by atoms with Gasteiger partial charge in [-0.3, -0.25) is 19.5 Å². The van der Waals surface area contributed by atoms with Crippen molar-refractivity contribution in [2.75, 3.05) is 19.0 Å². The van der Waals surface area contributed by atoms with Crippen molar-refractivity contribution in [3.63, 3.8) is 0 Å². The molecule has 26 heavy (non-hydrogen) atoms. The molecule has 3 aromatic rings. The molecule has 0 spiro atoms. The van der Waals surface area contributed by atoms with Crippen LogP contribution in [0.2, 0.25) is 0 Å². The Morgan fingerprint density at radius 1 is 1.46 bits per heavy atom. The van der Waals surface area contributed by atoms with Crippen molar-refractivity contribution in [3.05, 3.63) is 33.0 Å². The Hall–Kier alpha value is -2.59. The zero-order chi connectivity index (χ0) is 18.3. The Morgan fingerprint density at radius 3 is 3.00 bits per heavy atom. The van der Waals surface area contributed by atoms with E-state index in [0.29, 0.717) is 30.0 Å². The zero-order valence-electron chi connectivity index (χ0n) is 14.3. The zero-order valence-corrected chi connectivity index (χ0v) is 15.1. The van der Waals surface area contributed by atoms with E-state index in [0.717, 1.165) is 17.8 Å². The van der Waals surface area contributed by atoms with E-state index >= 15 is 0 Å². The maximum atomic E-state index is 12.7. The SMILES string of the molecule is COCCn1cnc2oc(C)c(C(=O)Nc3nnc(C4CC4)s3)c2c1=O. The van der Waals surface area contributed by atoms with E-state index in [4.69, 9.17) is 9.15 Å². The fourth-order valence-electron chi connectivity index (χ4n) is 2.70. The van der Waals surface area contributed by atoms with Gasteiger partial charge in [-0.1, -0.05) is 11.3 Å². The number of methoxy groups -OCH3 is 1. The van der Waals surface area contributed by atoms with Crippen LogP contribution in [0, 0.1) is 6.92 Å². The first-order chi connectivity index (χ1) is 12.6. The molecule has 1 aliphatic rings. The normalized spacial score (nSPS) is 14.1. The Kier molecular flexibility index (Phi) is 4.29. The van der Waals surface area contributed by atoms with Crippen LogP contribution in [0.15, 0.2) is 15.5 Å². The predicted octanol–water partition coefficient (Wildman–Crippen LogP) is 1.93. The topological polar surface area (TPSA) is 112 Å². The summed E-state index contributed by atoms with van der Waals surface area (Å²) in [5.74, 6) is 0.341. The van der Waals surface area contributed by atoms with Crippen molar-refractivity contribution >= 4 is 33.5 Å². The molecule has 136 valence electrons. The number of ether oxygens (including phenoxy) is 1. The van der Waals surface area contributed by atoms with Gasteiger partial charge in [0.25, 0.3) is 11.5 Å². The van der Waals surface area contributed by atoms with Gasteiger partial charge in [-0.25, -0.2) is 4.98 Å². The lowest BCUT2D eigenvalue weighted by Crippen LogP contribution is -2.24. The van der Waals surface area contributed by atoms with Crippen LogP contribution in [0.4, 0.5) is 5.13 Å². The number of aryl methyl sites for hydroxylation is 1. The molecule has 0 aliphatic heterocycles. The van der Waals surface area contributed by atoms with Crippen molar-refractivity contribution in [1.82, 2.24) is 19.7 Å². The number of nitrogens with zero attached hydrogens (tertiary/aromatic N) is 4. The molecule has 1 N–H and O–H groups in total. The molecule has 0 radical (unpaired) electrons. The minimum absolute atomic E-state index is 0.141. The number of amides is 1. The van der Waals surface area contributed by atoms with E-state index in [1.165, 1.54) is 22.2 Å². The first-order valence-electron chi connectivity index (χ1n) is 8.20. The van der Waals surface area contributed by atoms with Crippen molar-refractivity contribution in [2.45, 2.75) is 32.2 Å². The maximum Gasteiger partial charge on any atom is 0.265 e. The van der Waals surface area contributed by atoms with Gasteiger partial charge in [-0.15, -0.1) is 10.2 Å². The molecule has 1 amide bonds. The Labute approximate surface area is 152 Å². The van der Waals surface area contributed by atoms with Crippen molar-refractivity contribution in [3.8, 4) is 0 Å². The van der Waals surface area contributed by atoms with Crippen LogP contribution in [0.1, 0.15) is 39.9 Å². The number of hydrogen-bond acceptors (Lipinski definition) is 8. The minimum atomic E-state index is -0.455. The van der Waals surface area contributed by atoms with Crippen LogP contribution >= 0.6 is 11.3 Å². The average molecular weight is 375 g/mol. The second-order valence-corrected chi connectivity index (χ2v) is 7.13. The molecule has 3 heterocycles. The first kappa shape index (κ1) is 16.9. The van der Waals surface area contributed by atoms with Crippen LogP contribution < -0.4 is 10.9 Å². The average Bonchev–Trinajstić information content (AvgIpc) is 3.26. The number of furan rings is 1. The van der Waals surface area contributed by atoms with Gasteiger partial charge in [0, 0.05) is 13.0 Å². The summed E-state index contributed by atoms with van der Waals surface area (Å²) >= 11 is 1.36. The highest BCUT2D eigenvalue weighted by molar-refractivity contribution is 7.15. The van der Waals surface area contributed by atoms with Crippen molar-refractivity contribution in [2.24, 2.45) is 0 Å². The molecule has 9 nitrogen and oxygen atoms in total. The fraction of sp³-hybridized carbons (Fsp3) is 0.438. The number of hydrogen-bond donors (Lipinski definition) is 1. The van der Waals surface area contributed by atoms with Crippen LogP contribution in [-0.4, -0.2) is 39.4 Å². The quantitative estimate of drug-likeness (QED) is 0.700. The highest BCUT2D eigenvalue weighted by Crippen LogP contribution is 2.42. The monoisotopic (exact) mass is 375 g/mol. The number of fused-ring (bicyclic) bond motifs is 1. The van der Waals surface area contributed by atoms with Crippen LogP contribution in [0.3, 0.4) is 0 Å². The lowest BCUT2D eigenvalue weighted by Gasteiger charge is -2.04. The summed E-state index contributed by atoms with van der Waals surface area (Å²) in [5.41, 5.74) is -0.0281. The number of carbonyl (C=O) groups excluding carboxylic acids is 1. The van der Waals surface area contributed by atoms with Gasteiger partial charge in [0.2, 0.25) is 10.8 Å². The van der Waals surface area contributed by atoms with E-state index in [1.807, 2.05) is 0 Å². The third-order valence-electron chi connectivity index (χ3n) is 4.21. The van der Waals surface area contributed by atoms with Gasteiger partial charge in [0.1, 0.15) is 22.5 Å². The molecule has 1 fully saturated rings. The number of aromatic nitrogens is 4. The van der Waals surface area contributed by atoms with E-state index in [2.05, 4.69) is 20.5 Å². The number of anilines is 1. The van der Waals surface area contributed by atoms with Gasteiger partial charge < -0.3 is 9.15 Å². The molecular weight excluding hydrogens is 358 g/mol. The third-order valence-corrected chi connectivity index (χ3v) is 5.21. The van der Waals surface area contributed by atoms with Gasteiger partial charge in [-0.05, 0) is 19.8 Å². The van der Waals surface area contributed by atoms with Gasteiger partial charge in [0.05, 0.1) is 18.7 Å². The van der Waals surface area contributed by atoms with Crippen LogP contribution in [-0.2, 0) is 11.3 Å². The first-order valence-corrected chi connectivity index (χ1v) is 9.02. The minimum Gasteiger partial charge on any atom is -0.442 e. The van der Waals surface area contributed by atoms with Crippen LogP contribution in [0.5, 0.6) is 0 Å². The molecule has 10 heteroatoms. The maximum absolute atomic E-state index is 12.7. The molecule has 1 aliphatic carbocycles. The fourth-order valence-corrected chi connectivity index (χ4v) is 3.61. The molecule has 0 atom stereocenters. The molecule has 1 saturated carbocycles. The summed E-state index contributed by atoms with van der Waals surface area (Å²) in [6.45, 7) is 2.33. The Balaban J connectivity index is 1.68. The van der Waals surface area contributed by atoms with Gasteiger partial charge >= 0.3 is 0 Å². The molecule has 0 bridgehead atoms.